The Labute approximate surface area is 117 Å². The molecule has 0 unspecified atom stereocenters. The van der Waals surface area contributed by atoms with Crippen molar-refractivity contribution < 1.29 is 14.8 Å². The number of carbonyl (C=O) groups excluding carboxylic acids is 1. The maximum atomic E-state index is 11.7. The van der Waals surface area contributed by atoms with Gasteiger partial charge in [-0.25, -0.2) is 0 Å². The quantitative estimate of drug-likeness (QED) is 0.600. The van der Waals surface area contributed by atoms with Crippen LogP contribution in [0.2, 0.25) is 0 Å². The molecule has 0 aliphatic rings. The minimum Gasteiger partial charge on any atom is -0.391 e. The number of nitrogens with one attached hydrogen (secondary N) is 1. The Morgan fingerprint density at radius 1 is 1.50 bits per heavy atom. The van der Waals surface area contributed by atoms with Crippen LogP contribution in [-0.2, 0) is 11.4 Å². The maximum absolute atomic E-state index is 11.7. The van der Waals surface area contributed by atoms with E-state index in [1.807, 2.05) is 13.8 Å². The molecule has 0 aromatic heterocycles. The van der Waals surface area contributed by atoms with Crippen molar-refractivity contribution in [1.82, 2.24) is 5.32 Å². The number of anilines is 1. The van der Waals surface area contributed by atoms with E-state index >= 15 is 0 Å². The Morgan fingerprint density at radius 2 is 2.15 bits per heavy atom. The first-order valence-electron chi connectivity index (χ1n) is 6.23. The number of hydrogen-bond donors (Lipinski definition) is 2. The summed E-state index contributed by atoms with van der Waals surface area (Å²) in [6.07, 6.45) is 0. The zero-order valence-electron chi connectivity index (χ0n) is 11.8. The number of carbonyl (C=O) groups is 1. The molecule has 7 nitrogen and oxygen atoms in total. The fourth-order valence-electron chi connectivity index (χ4n) is 1.79. The largest absolute Gasteiger partial charge is 0.391 e. The molecule has 0 radical (unpaired) electrons. The normalized spacial score (nSPS) is 10.4. The number of rotatable bonds is 6. The second-order valence-electron chi connectivity index (χ2n) is 4.81. The predicted molar refractivity (Wildman–Crippen MR) is 75.6 cm³/mol. The molecule has 0 spiro atoms. The summed E-state index contributed by atoms with van der Waals surface area (Å²) in [5.74, 6) is -0.133. The van der Waals surface area contributed by atoms with Crippen LogP contribution in [0.1, 0.15) is 19.4 Å². The summed E-state index contributed by atoms with van der Waals surface area (Å²) in [5, 5.41) is 22.7. The second kappa shape index (κ2) is 6.85. The van der Waals surface area contributed by atoms with Crippen LogP contribution in [0.25, 0.3) is 0 Å². The molecule has 0 saturated heterocycles. The van der Waals surface area contributed by atoms with E-state index in [-0.39, 0.29) is 29.7 Å². The van der Waals surface area contributed by atoms with E-state index in [0.717, 1.165) is 0 Å². The van der Waals surface area contributed by atoms with Gasteiger partial charge in [0.15, 0.2) is 0 Å². The van der Waals surface area contributed by atoms with Crippen LogP contribution >= 0.6 is 0 Å². The lowest BCUT2D eigenvalue weighted by Gasteiger charge is -2.20. The number of amides is 1. The number of nitro benzene ring substituents is 1. The van der Waals surface area contributed by atoms with Gasteiger partial charge in [0.05, 0.1) is 23.6 Å². The van der Waals surface area contributed by atoms with Crippen LogP contribution < -0.4 is 10.2 Å². The second-order valence-corrected chi connectivity index (χ2v) is 4.81. The fraction of sp³-hybridized carbons (Fsp3) is 0.462. The van der Waals surface area contributed by atoms with Crippen molar-refractivity contribution in [3.63, 3.8) is 0 Å². The van der Waals surface area contributed by atoms with Crippen molar-refractivity contribution in [2.75, 3.05) is 18.5 Å². The molecule has 1 aromatic carbocycles. The van der Waals surface area contributed by atoms with Gasteiger partial charge in [-0.1, -0.05) is 0 Å². The van der Waals surface area contributed by atoms with Gasteiger partial charge >= 0.3 is 0 Å². The third-order valence-corrected chi connectivity index (χ3v) is 2.70. The first kappa shape index (κ1) is 15.9. The summed E-state index contributed by atoms with van der Waals surface area (Å²) in [6.45, 7) is 3.46. The molecule has 1 aromatic rings. The van der Waals surface area contributed by atoms with E-state index in [1.165, 1.54) is 12.1 Å². The molecule has 0 saturated carbocycles. The molecule has 0 heterocycles. The lowest BCUT2D eigenvalue weighted by molar-refractivity contribution is -0.385. The van der Waals surface area contributed by atoms with Crippen LogP contribution in [0.4, 0.5) is 11.4 Å². The van der Waals surface area contributed by atoms with Gasteiger partial charge < -0.3 is 15.3 Å². The van der Waals surface area contributed by atoms with Crippen molar-refractivity contribution >= 4 is 17.3 Å². The van der Waals surface area contributed by atoms with Gasteiger partial charge in [0, 0.05) is 24.8 Å². The van der Waals surface area contributed by atoms with Gasteiger partial charge in [0.1, 0.15) is 0 Å². The SMILES string of the molecule is CC(C)NC(=O)CN(C)c1ccc([N+](=O)[O-])c(CO)c1. The lowest BCUT2D eigenvalue weighted by Crippen LogP contribution is -2.38. The van der Waals surface area contributed by atoms with Crippen molar-refractivity contribution in [2.45, 2.75) is 26.5 Å². The van der Waals surface area contributed by atoms with Crippen molar-refractivity contribution in [2.24, 2.45) is 0 Å². The van der Waals surface area contributed by atoms with Crippen LogP contribution in [0, 0.1) is 10.1 Å². The predicted octanol–water partition coefficient (Wildman–Crippen LogP) is 1.05. The molecule has 0 atom stereocenters. The monoisotopic (exact) mass is 281 g/mol. The Balaban J connectivity index is 2.86. The van der Waals surface area contributed by atoms with Gasteiger partial charge in [0.25, 0.3) is 5.69 Å². The number of likely N-dealkylation sites (N-methyl/N-ethyl adjacent to an activating group) is 1. The molecular formula is C13H19N3O4. The van der Waals surface area contributed by atoms with Crippen molar-refractivity contribution in [1.29, 1.82) is 0 Å². The first-order chi connectivity index (χ1) is 9.35. The van der Waals surface area contributed by atoms with Crippen LogP contribution in [0.5, 0.6) is 0 Å². The van der Waals surface area contributed by atoms with E-state index in [0.29, 0.717) is 5.69 Å². The number of aliphatic hydroxyl groups is 1. The van der Waals surface area contributed by atoms with E-state index in [1.54, 1.807) is 18.0 Å². The smallest absolute Gasteiger partial charge is 0.275 e. The summed E-state index contributed by atoms with van der Waals surface area (Å²) >= 11 is 0. The topological polar surface area (TPSA) is 95.7 Å². The molecule has 7 heteroatoms. The average Bonchev–Trinajstić information content (AvgIpc) is 2.36. The minimum atomic E-state index is -0.541. The zero-order valence-corrected chi connectivity index (χ0v) is 11.8. The van der Waals surface area contributed by atoms with Gasteiger partial charge in [-0.05, 0) is 26.0 Å². The molecular weight excluding hydrogens is 262 g/mol. The Morgan fingerprint density at radius 3 is 2.65 bits per heavy atom. The van der Waals surface area contributed by atoms with Gasteiger partial charge in [0.2, 0.25) is 5.91 Å². The highest BCUT2D eigenvalue weighted by molar-refractivity contribution is 5.81. The number of benzene rings is 1. The highest BCUT2D eigenvalue weighted by atomic mass is 16.6. The molecule has 20 heavy (non-hydrogen) atoms. The Hall–Kier alpha value is -2.15. The third kappa shape index (κ3) is 4.20. The zero-order chi connectivity index (χ0) is 15.3. The fourth-order valence-corrected chi connectivity index (χ4v) is 1.79. The van der Waals surface area contributed by atoms with Gasteiger partial charge in [-0.3, -0.25) is 14.9 Å². The van der Waals surface area contributed by atoms with Crippen molar-refractivity contribution in [3.8, 4) is 0 Å². The number of nitro groups is 1. The molecule has 1 amide bonds. The highest BCUT2D eigenvalue weighted by Crippen LogP contribution is 2.24. The van der Waals surface area contributed by atoms with E-state index in [9.17, 15) is 20.0 Å². The number of nitrogens with zero attached hydrogens (tertiary/aromatic N) is 2. The van der Waals surface area contributed by atoms with E-state index in [2.05, 4.69) is 5.32 Å². The lowest BCUT2D eigenvalue weighted by atomic mass is 10.1. The molecule has 0 aliphatic carbocycles. The van der Waals surface area contributed by atoms with Crippen LogP contribution in [0.3, 0.4) is 0 Å². The number of aliphatic hydroxyl groups excluding tert-OH is 1. The summed E-state index contributed by atoms with van der Waals surface area (Å²) < 4.78 is 0. The van der Waals surface area contributed by atoms with Crippen LogP contribution in [0.15, 0.2) is 18.2 Å². The van der Waals surface area contributed by atoms with E-state index in [4.69, 9.17) is 0 Å². The van der Waals surface area contributed by atoms with Crippen molar-refractivity contribution in [3.05, 3.63) is 33.9 Å². The summed E-state index contributed by atoms with van der Waals surface area (Å²) in [4.78, 5) is 23.6. The van der Waals surface area contributed by atoms with E-state index < -0.39 is 11.5 Å². The van der Waals surface area contributed by atoms with Gasteiger partial charge in [-0.15, -0.1) is 0 Å². The maximum Gasteiger partial charge on any atom is 0.275 e. The average molecular weight is 281 g/mol. The number of hydrogen-bond acceptors (Lipinski definition) is 5. The standard InChI is InChI=1S/C13H19N3O4/c1-9(2)14-13(18)7-15(3)11-4-5-12(16(19)20)10(6-11)8-17/h4-6,9,17H,7-8H2,1-3H3,(H,14,18). The molecule has 1 rings (SSSR count). The molecule has 0 bridgehead atoms. The van der Waals surface area contributed by atoms with Crippen LogP contribution in [-0.4, -0.2) is 35.6 Å². The molecule has 0 aliphatic heterocycles. The minimum absolute atomic E-state index is 0.0563. The Bertz CT molecular complexity index is 502. The Kier molecular flexibility index (Phi) is 5.45. The first-order valence-corrected chi connectivity index (χ1v) is 6.23. The molecule has 110 valence electrons. The third-order valence-electron chi connectivity index (χ3n) is 2.70. The summed E-state index contributed by atoms with van der Waals surface area (Å²) in [6, 6.07) is 4.46. The molecule has 0 fully saturated rings. The molecule has 2 N–H and O–H groups in total. The van der Waals surface area contributed by atoms with Gasteiger partial charge in [-0.2, -0.15) is 0 Å². The highest BCUT2D eigenvalue weighted by Gasteiger charge is 2.15. The summed E-state index contributed by atoms with van der Waals surface area (Å²) in [7, 11) is 1.71. The summed E-state index contributed by atoms with van der Waals surface area (Å²) in [5.41, 5.74) is 0.735.